The van der Waals surface area contributed by atoms with E-state index in [1.807, 2.05) is 13.0 Å². The van der Waals surface area contributed by atoms with E-state index in [1.165, 1.54) is 0 Å². The van der Waals surface area contributed by atoms with E-state index in [4.69, 9.17) is 0 Å². The number of carbonyl (C=O) groups is 1. The molecule has 1 aromatic rings. The highest BCUT2D eigenvalue weighted by Gasteiger charge is 2.15. The molecule has 0 radical (unpaired) electrons. The van der Waals surface area contributed by atoms with Gasteiger partial charge in [0.25, 0.3) is 0 Å². The molecule has 2 rings (SSSR count). The van der Waals surface area contributed by atoms with Crippen molar-refractivity contribution in [2.45, 2.75) is 32.2 Å². The normalized spacial score (nSPS) is 20.7. The van der Waals surface area contributed by atoms with Gasteiger partial charge in [-0.25, -0.2) is 0 Å². The standard InChI is InChI=1S/C11H18N4O/c1-8-5-10(15-14-8)6-11(16)13-9-3-2-4-12-7-9/h5,9,12H,2-4,6-7H2,1H3,(H,13,16)(H,14,15). The highest BCUT2D eigenvalue weighted by molar-refractivity contribution is 5.78. The van der Waals surface area contributed by atoms with E-state index in [9.17, 15) is 4.79 Å². The number of carbonyl (C=O) groups excluding carboxylic acids is 1. The second kappa shape index (κ2) is 5.12. The number of rotatable bonds is 3. The molecule has 0 aliphatic carbocycles. The first-order valence-electron chi connectivity index (χ1n) is 5.75. The summed E-state index contributed by atoms with van der Waals surface area (Å²) in [4.78, 5) is 11.7. The predicted molar refractivity (Wildman–Crippen MR) is 61.1 cm³/mol. The molecule has 1 aliphatic heterocycles. The predicted octanol–water partition coefficient (Wildman–Crippen LogP) is 0.129. The van der Waals surface area contributed by atoms with Crippen LogP contribution in [0, 0.1) is 6.92 Å². The van der Waals surface area contributed by atoms with Crippen molar-refractivity contribution in [2.75, 3.05) is 13.1 Å². The second-order valence-corrected chi connectivity index (χ2v) is 4.33. The molecule has 0 aromatic carbocycles. The zero-order chi connectivity index (χ0) is 11.4. The zero-order valence-corrected chi connectivity index (χ0v) is 9.55. The number of aryl methyl sites for hydroxylation is 1. The lowest BCUT2D eigenvalue weighted by Gasteiger charge is -2.23. The van der Waals surface area contributed by atoms with Crippen molar-refractivity contribution >= 4 is 5.91 Å². The number of H-pyrrole nitrogens is 1. The fraction of sp³-hybridized carbons (Fsp3) is 0.636. The number of aromatic amines is 1. The molecule has 0 spiro atoms. The van der Waals surface area contributed by atoms with Crippen LogP contribution in [-0.2, 0) is 11.2 Å². The summed E-state index contributed by atoms with van der Waals surface area (Å²) in [5.74, 6) is 0.0557. The Morgan fingerprint density at radius 2 is 2.56 bits per heavy atom. The van der Waals surface area contributed by atoms with Crippen molar-refractivity contribution in [3.63, 3.8) is 0 Å². The van der Waals surface area contributed by atoms with Gasteiger partial charge in [0, 0.05) is 18.3 Å². The average molecular weight is 222 g/mol. The van der Waals surface area contributed by atoms with Gasteiger partial charge in [0.1, 0.15) is 0 Å². The first-order valence-corrected chi connectivity index (χ1v) is 5.75. The molecule has 1 fully saturated rings. The molecule has 1 amide bonds. The van der Waals surface area contributed by atoms with Gasteiger partial charge in [-0.2, -0.15) is 5.10 Å². The molecule has 5 heteroatoms. The molecule has 5 nitrogen and oxygen atoms in total. The van der Waals surface area contributed by atoms with Gasteiger partial charge in [-0.1, -0.05) is 0 Å². The van der Waals surface area contributed by atoms with Crippen LogP contribution in [0.2, 0.25) is 0 Å². The van der Waals surface area contributed by atoms with Gasteiger partial charge < -0.3 is 10.6 Å². The molecule has 1 atom stereocenters. The number of nitrogens with zero attached hydrogens (tertiary/aromatic N) is 1. The number of piperidine rings is 1. The summed E-state index contributed by atoms with van der Waals surface area (Å²) in [6.45, 7) is 3.87. The minimum atomic E-state index is 0.0557. The van der Waals surface area contributed by atoms with Crippen LogP contribution in [0.15, 0.2) is 6.07 Å². The van der Waals surface area contributed by atoms with E-state index in [0.29, 0.717) is 6.42 Å². The lowest BCUT2D eigenvalue weighted by Crippen LogP contribution is -2.46. The molecule has 0 bridgehead atoms. The molecule has 16 heavy (non-hydrogen) atoms. The molecule has 88 valence electrons. The largest absolute Gasteiger partial charge is 0.352 e. The number of aromatic nitrogens is 2. The fourth-order valence-electron chi connectivity index (χ4n) is 1.98. The summed E-state index contributed by atoms with van der Waals surface area (Å²) in [7, 11) is 0. The molecule has 1 aromatic heterocycles. The summed E-state index contributed by atoms with van der Waals surface area (Å²) < 4.78 is 0. The smallest absolute Gasteiger partial charge is 0.226 e. The summed E-state index contributed by atoms with van der Waals surface area (Å²) in [5, 5.41) is 13.2. The summed E-state index contributed by atoms with van der Waals surface area (Å²) >= 11 is 0. The quantitative estimate of drug-likeness (QED) is 0.681. The average Bonchev–Trinajstić information content (AvgIpc) is 2.65. The number of amides is 1. The molecule has 1 saturated heterocycles. The molecule has 2 heterocycles. The molecule has 1 aliphatic rings. The van der Waals surface area contributed by atoms with Crippen LogP contribution in [0.5, 0.6) is 0 Å². The number of hydrogen-bond donors (Lipinski definition) is 3. The first kappa shape index (κ1) is 11.1. The Kier molecular flexibility index (Phi) is 3.56. The molecule has 0 saturated carbocycles. The minimum Gasteiger partial charge on any atom is -0.352 e. The Morgan fingerprint density at radius 1 is 1.69 bits per heavy atom. The first-order chi connectivity index (χ1) is 7.74. The Bertz CT molecular complexity index is 355. The Labute approximate surface area is 95.0 Å². The van der Waals surface area contributed by atoms with Crippen LogP contribution in [0.25, 0.3) is 0 Å². The number of nitrogens with one attached hydrogen (secondary N) is 3. The lowest BCUT2D eigenvalue weighted by molar-refractivity contribution is -0.121. The van der Waals surface area contributed by atoms with Crippen LogP contribution in [0.1, 0.15) is 24.2 Å². The number of hydrogen-bond acceptors (Lipinski definition) is 3. The lowest BCUT2D eigenvalue weighted by atomic mass is 10.1. The van der Waals surface area contributed by atoms with Crippen LogP contribution >= 0.6 is 0 Å². The van der Waals surface area contributed by atoms with E-state index >= 15 is 0 Å². The van der Waals surface area contributed by atoms with Crippen molar-refractivity contribution in [1.29, 1.82) is 0 Å². The third-order valence-corrected chi connectivity index (χ3v) is 2.76. The van der Waals surface area contributed by atoms with Gasteiger partial charge >= 0.3 is 0 Å². The van der Waals surface area contributed by atoms with Crippen molar-refractivity contribution < 1.29 is 4.79 Å². The third kappa shape index (κ3) is 3.06. The Morgan fingerprint density at radius 3 is 3.19 bits per heavy atom. The highest BCUT2D eigenvalue weighted by atomic mass is 16.1. The van der Waals surface area contributed by atoms with Crippen LogP contribution in [0.4, 0.5) is 0 Å². The molecular weight excluding hydrogens is 204 g/mol. The van der Waals surface area contributed by atoms with Gasteiger partial charge in [0.2, 0.25) is 5.91 Å². The SMILES string of the molecule is Cc1cc(CC(=O)NC2CCCNC2)n[nH]1. The van der Waals surface area contributed by atoms with Gasteiger partial charge in [0.15, 0.2) is 0 Å². The second-order valence-electron chi connectivity index (χ2n) is 4.33. The molecule has 1 unspecified atom stereocenters. The molecular formula is C11H18N4O. The summed E-state index contributed by atoms with van der Waals surface area (Å²) in [5.41, 5.74) is 1.79. The van der Waals surface area contributed by atoms with Crippen molar-refractivity contribution in [3.05, 3.63) is 17.5 Å². The third-order valence-electron chi connectivity index (χ3n) is 2.76. The van der Waals surface area contributed by atoms with E-state index in [0.717, 1.165) is 37.3 Å². The van der Waals surface area contributed by atoms with Crippen LogP contribution in [0.3, 0.4) is 0 Å². The summed E-state index contributed by atoms with van der Waals surface area (Å²) in [6, 6.07) is 2.18. The van der Waals surface area contributed by atoms with Gasteiger partial charge in [0.05, 0.1) is 12.1 Å². The highest BCUT2D eigenvalue weighted by Crippen LogP contribution is 2.03. The van der Waals surface area contributed by atoms with Gasteiger partial charge in [-0.15, -0.1) is 0 Å². The Hall–Kier alpha value is -1.36. The fourth-order valence-corrected chi connectivity index (χ4v) is 1.98. The van der Waals surface area contributed by atoms with E-state index in [-0.39, 0.29) is 11.9 Å². The topological polar surface area (TPSA) is 69.8 Å². The monoisotopic (exact) mass is 222 g/mol. The van der Waals surface area contributed by atoms with Crippen molar-refractivity contribution in [2.24, 2.45) is 0 Å². The maximum Gasteiger partial charge on any atom is 0.226 e. The molecule has 3 N–H and O–H groups in total. The van der Waals surface area contributed by atoms with Crippen molar-refractivity contribution in [3.8, 4) is 0 Å². The van der Waals surface area contributed by atoms with Gasteiger partial charge in [-0.3, -0.25) is 9.89 Å². The van der Waals surface area contributed by atoms with E-state index in [2.05, 4.69) is 20.8 Å². The van der Waals surface area contributed by atoms with E-state index in [1.54, 1.807) is 0 Å². The van der Waals surface area contributed by atoms with E-state index < -0.39 is 0 Å². The Balaban J connectivity index is 1.79. The minimum absolute atomic E-state index is 0.0557. The van der Waals surface area contributed by atoms with Crippen molar-refractivity contribution in [1.82, 2.24) is 20.8 Å². The summed E-state index contributed by atoms with van der Waals surface area (Å²) in [6.07, 6.45) is 2.56. The van der Waals surface area contributed by atoms with Crippen LogP contribution < -0.4 is 10.6 Å². The maximum atomic E-state index is 11.7. The zero-order valence-electron chi connectivity index (χ0n) is 9.55. The van der Waals surface area contributed by atoms with Crippen LogP contribution in [-0.4, -0.2) is 35.2 Å². The maximum absolute atomic E-state index is 11.7. The van der Waals surface area contributed by atoms with Gasteiger partial charge in [-0.05, 0) is 32.4 Å².